The first-order valence-electron chi connectivity index (χ1n) is 8.88. The molecule has 2 rings (SSSR count). The van der Waals surface area contributed by atoms with Crippen molar-refractivity contribution in [2.24, 2.45) is 0 Å². The molecule has 2 N–H and O–H groups in total. The van der Waals surface area contributed by atoms with Crippen LogP contribution in [0.5, 0.6) is 0 Å². The lowest BCUT2D eigenvalue weighted by molar-refractivity contribution is -0.147. The summed E-state index contributed by atoms with van der Waals surface area (Å²) in [5.41, 5.74) is 2.51. The SMILES string of the molecule is COC(=O)c1ccc(NC(=O)CCC(=O)OCC(=O)Nc2ccc(C)cc2)cc1. The summed E-state index contributed by atoms with van der Waals surface area (Å²) in [4.78, 5) is 46.8. The van der Waals surface area contributed by atoms with E-state index in [1.165, 1.54) is 19.2 Å². The zero-order valence-corrected chi connectivity index (χ0v) is 16.2. The van der Waals surface area contributed by atoms with E-state index in [9.17, 15) is 19.2 Å². The van der Waals surface area contributed by atoms with Gasteiger partial charge in [0.1, 0.15) is 0 Å². The van der Waals surface area contributed by atoms with Crippen LogP contribution in [-0.2, 0) is 23.9 Å². The van der Waals surface area contributed by atoms with Gasteiger partial charge in [-0.3, -0.25) is 14.4 Å². The number of aryl methyl sites for hydroxylation is 1. The van der Waals surface area contributed by atoms with Crippen LogP contribution in [0.25, 0.3) is 0 Å². The van der Waals surface area contributed by atoms with Crippen molar-refractivity contribution in [2.75, 3.05) is 24.4 Å². The molecule has 29 heavy (non-hydrogen) atoms. The smallest absolute Gasteiger partial charge is 0.337 e. The highest BCUT2D eigenvalue weighted by Gasteiger charge is 2.11. The van der Waals surface area contributed by atoms with Crippen molar-refractivity contribution in [1.29, 1.82) is 0 Å². The summed E-state index contributed by atoms with van der Waals surface area (Å²) in [5.74, 6) is -1.98. The summed E-state index contributed by atoms with van der Waals surface area (Å²) in [7, 11) is 1.28. The lowest BCUT2D eigenvalue weighted by Crippen LogP contribution is -2.21. The first-order valence-corrected chi connectivity index (χ1v) is 8.88. The van der Waals surface area contributed by atoms with Crippen LogP contribution in [0, 0.1) is 6.92 Å². The number of hydrogen-bond acceptors (Lipinski definition) is 6. The Hall–Kier alpha value is -3.68. The predicted molar refractivity (Wildman–Crippen MR) is 106 cm³/mol. The number of carbonyl (C=O) groups excluding carboxylic acids is 4. The van der Waals surface area contributed by atoms with Crippen LogP contribution in [0.15, 0.2) is 48.5 Å². The van der Waals surface area contributed by atoms with Crippen LogP contribution in [0.3, 0.4) is 0 Å². The van der Waals surface area contributed by atoms with Gasteiger partial charge in [0, 0.05) is 17.8 Å². The maximum absolute atomic E-state index is 11.9. The zero-order chi connectivity index (χ0) is 21.2. The third kappa shape index (κ3) is 7.45. The summed E-state index contributed by atoms with van der Waals surface area (Å²) < 4.78 is 9.47. The molecule has 0 fully saturated rings. The van der Waals surface area contributed by atoms with E-state index in [0.717, 1.165) is 5.56 Å². The normalized spacial score (nSPS) is 10.0. The molecule has 2 aromatic carbocycles. The Balaban J connectivity index is 1.68. The number of methoxy groups -OCH3 is 1. The Kier molecular flexibility index (Phi) is 7.90. The standard InChI is InChI=1S/C21H22N2O6/c1-14-3-7-16(8-4-14)23-19(25)13-29-20(26)12-11-18(24)22-17-9-5-15(6-10-17)21(27)28-2/h3-10H,11-13H2,1-2H3,(H,22,24)(H,23,25). The van der Waals surface area contributed by atoms with E-state index in [1.54, 1.807) is 24.3 Å². The third-order valence-electron chi connectivity index (χ3n) is 3.85. The molecule has 0 radical (unpaired) electrons. The van der Waals surface area contributed by atoms with Gasteiger partial charge in [-0.2, -0.15) is 0 Å². The average Bonchev–Trinajstić information content (AvgIpc) is 2.72. The van der Waals surface area contributed by atoms with Crippen molar-refractivity contribution < 1.29 is 28.7 Å². The summed E-state index contributed by atoms with van der Waals surface area (Å²) in [5, 5.41) is 5.22. The van der Waals surface area contributed by atoms with E-state index in [4.69, 9.17) is 4.74 Å². The van der Waals surface area contributed by atoms with E-state index in [2.05, 4.69) is 15.4 Å². The van der Waals surface area contributed by atoms with E-state index in [-0.39, 0.29) is 12.8 Å². The van der Waals surface area contributed by atoms with Crippen molar-refractivity contribution in [3.8, 4) is 0 Å². The Bertz CT molecular complexity index is 875. The Morgan fingerprint density at radius 3 is 1.93 bits per heavy atom. The molecule has 0 aromatic heterocycles. The molecule has 152 valence electrons. The van der Waals surface area contributed by atoms with Crippen molar-refractivity contribution in [1.82, 2.24) is 0 Å². The Labute approximate surface area is 168 Å². The highest BCUT2D eigenvalue weighted by atomic mass is 16.5. The van der Waals surface area contributed by atoms with Gasteiger partial charge >= 0.3 is 11.9 Å². The molecule has 0 aliphatic heterocycles. The fourth-order valence-electron chi connectivity index (χ4n) is 2.30. The largest absolute Gasteiger partial charge is 0.465 e. The molecule has 0 saturated heterocycles. The fraction of sp³-hybridized carbons (Fsp3) is 0.238. The summed E-state index contributed by atoms with van der Waals surface area (Å²) in [6.07, 6.45) is -0.263. The number of esters is 2. The number of benzene rings is 2. The second-order valence-corrected chi connectivity index (χ2v) is 6.19. The van der Waals surface area contributed by atoms with E-state index < -0.39 is 30.4 Å². The minimum Gasteiger partial charge on any atom is -0.465 e. The van der Waals surface area contributed by atoms with Crippen molar-refractivity contribution in [2.45, 2.75) is 19.8 Å². The number of carbonyl (C=O) groups is 4. The summed E-state index contributed by atoms with van der Waals surface area (Å²) >= 11 is 0. The van der Waals surface area contributed by atoms with Crippen LogP contribution in [-0.4, -0.2) is 37.5 Å². The minimum absolute atomic E-state index is 0.100. The van der Waals surface area contributed by atoms with Crippen LogP contribution >= 0.6 is 0 Å². The highest BCUT2D eigenvalue weighted by Crippen LogP contribution is 2.11. The van der Waals surface area contributed by atoms with Gasteiger partial charge in [0.15, 0.2) is 6.61 Å². The molecule has 0 aliphatic carbocycles. The van der Waals surface area contributed by atoms with Gasteiger partial charge in [-0.25, -0.2) is 4.79 Å². The second-order valence-electron chi connectivity index (χ2n) is 6.19. The summed E-state index contributed by atoms with van der Waals surface area (Å²) in [6, 6.07) is 13.3. The lowest BCUT2D eigenvalue weighted by atomic mass is 10.2. The zero-order valence-electron chi connectivity index (χ0n) is 16.2. The molecule has 2 aromatic rings. The van der Waals surface area contributed by atoms with Crippen LogP contribution in [0.4, 0.5) is 11.4 Å². The molecule has 0 saturated carbocycles. The summed E-state index contributed by atoms with van der Waals surface area (Å²) in [6.45, 7) is 1.50. The van der Waals surface area contributed by atoms with Crippen molar-refractivity contribution >= 4 is 35.1 Å². The van der Waals surface area contributed by atoms with Crippen LogP contribution in [0.1, 0.15) is 28.8 Å². The van der Waals surface area contributed by atoms with Crippen molar-refractivity contribution in [3.05, 3.63) is 59.7 Å². The maximum Gasteiger partial charge on any atom is 0.337 e. The molecule has 0 atom stereocenters. The first-order chi connectivity index (χ1) is 13.9. The van der Waals surface area contributed by atoms with Gasteiger partial charge in [-0.15, -0.1) is 0 Å². The van der Waals surface area contributed by atoms with Gasteiger partial charge in [-0.05, 0) is 43.3 Å². The van der Waals surface area contributed by atoms with Crippen molar-refractivity contribution in [3.63, 3.8) is 0 Å². The minimum atomic E-state index is -0.653. The fourth-order valence-corrected chi connectivity index (χ4v) is 2.30. The second kappa shape index (κ2) is 10.6. The predicted octanol–water partition coefficient (Wildman–Crippen LogP) is 2.68. The molecular weight excluding hydrogens is 376 g/mol. The van der Waals surface area contributed by atoms with Gasteiger partial charge in [0.25, 0.3) is 5.91 Å². The van der Waals surface area contributed by atoms with E-state index in [1.807, 2.05) is 19.1 Å². The maximum atomic E-state index is 11.9. The Morgan fingerprint density at radius 2 is 1.34 bits per heavy atom. The molecule has 0 aliphatic rings. The van der Waals surface area contributed by atoms with Gasteiger partial charge in [-0.1, -0.05) is 17.7 Å². The Morgan fingerprint density at radius 1 is 0.793 bits per heavy atom. The van der Waals surface area contributed by atoms with Crippen LogP contribution in [0.2, 0.25) is 0 Å². The molecule has 8 nitrogen and oxygen atoms in total. The molecule has 2 amide bonds. The van der Waals surface area contributed by atoms with E-state index in [0.29, 0.717) is 16.9 Å². The molecule has 8 heteroatoms. The number of hydrogen-bond donors (Lipinski definition) is 2. The topological polar surface area (TPSA) is 111 Å². The number of nitrogens with one attached hydrogen (secondary N) is 2. The number of ether oxygens (including phenoxy) is 2. The quantitative estimate of drug-likeness (QED) is 0.662. The van der Waals surface area contributed by atoms with E-state index >= 15 is 0 Å². The highest BCUT2D eigenvalue weighted by molar-refractivity contribution is 5.95. The monoisotopic (exact) mass is 398 g/mol. The molecule has 0 heterocycles. The molecular formula is C21H22N2O6. The van der Waals surface area contributed by atoms with Gasteiger partial charge in [0.2, 0.25) is 5.91 Å². The first kappa shape index (κ1) is 21.6. The number of rotatable bonds is 8. The number of amides is 2. The molecule has 0 bridgehead atoms. The number of anilines is 2. The lowest BCUT2D eigenvalue weighted by Gasteiger charge is -2.08. The molecule has 0 spiro atoms. The van der Waals surface area contributed by atoms with Gasteiger partial charge < -0.3 is 20.1 Å². The third-order valence-corrected chi connectivity index (χ3v) is 3.85. The van der Waals surface area contributed by atoms with Crippen LogP contribution < -0.4 is 10.6 Å². The molecule has 0 unspecified atom stereocenters. The average molecular weight is 398 g/mol. The van der Waals surface area contributed by atoms with Gasteiger partial charge in [0.05, 0.1) is 19.1 Å².